The Morgan fingerprint density at radius 3 is 2.16 bits per heavy atom. The fraction of sp³-hybridized carbons (Fsp3) is 0.0714. The van der Waals surface area contributed by atoms with Crippen LogP contribution in [0.4, 0.5) is 8.78 Å². The fourth-order valence-electron chi connectivity index (χ4n) is 1.68. The quantitative estimate of drug-likeness (QED) is 0.501. The van der Waals surface area contributed by atoms with Crippen molar-refractivity contribution in [3.63, 3.8) is 0 Å². The Bertz CT molecular complexity index is 603. The summed E-state index contributed by atoms with van der Waals surface area (Å²) in [5, 5.41) is 0. The Kier molecular flexibility index (Phi) is 4.67. The predicted octanol–water partition coefficient (Wildman–Crippen LogP) is 4.76. The fourth-order valence-corrected chi connectivity index (χ4v) is 2.45. The molecule has 0 radical (unpaired) electrons. The topological polar surface area (TPSA) is 17.1 Å². The van der Waals surface area contributed by atoms with Crippen LogP contribution in [0.25, 0.3) is 0 Å². The van der Waals surface area contributed by atoms with Crippen molar-refractivity contribution in [3.8, 4) is 0 Å². The van der Waals surface area contributed by atoms with Crippen molar-refractivity contribution in [2.45, 2.75) is 6.42 Å². The molecule has 1 nitrogen and oxygen atoms in total. The van der Waals surface area contributed by atoms with Crippen LogP contribution in [0.1, 0.15) is 15.9 Å². The third kappa shape index (κ3) is 3.60. The van der Waals surface area contributed by atoms with E-state index in [9.17, 15) is 13.6 Å². The highest BCUT2D eigenvalue weighted by Gasteiger charge is 2.18. The summed E-state index contributed by atoms with van der Waals surface area (Å²) < 4.78 is 28.6. The summed E-state index contributed by atoms with van der Waals surface area (Å²) in [6.45, 7) is 0. The molecule has 0 bridgehead atoms. The van der Waals surface area contributed by atoms with Crippen molar-refractivity contribution in [2.75, 3.05) is 0 Å². The minimum Gasteiger partial charge on any atom is -0.294 e. The molecule has 0 fully saturated rings. The minimum atomic E-state index is -0.845. The number of carbonyl (C=O) groups excluding carboxylic acids is 1. The molecule has 0 aliphatic heterocycles. The molecule has 0 aliphatic carbocycles. The molecular weight excluding hydrogens is 429 g/mol. The van der Waals surface area contributed by atoms with Gasteiger partial charge in [0.05, 0.1) is 5.56 Å². The van der Waals surface area contributed by atoms with Crippen LogP contribution in [0, 0.1) is 15.2 Å². The van der Waals surface area contributed by atoms with Gasteiger partial charge < -0.3 is 0 Å². The highest BCUT2D eigenvalue weighted by molar-refractivity contribution is 14.1. The number of halogens is 4. The van der Waals surface area contributed by atoms with Crippen molar-refractivity contribution >= 4 is 44.3 Å². The SMILES string of the molecule is O=C(Cc1ccc(I)cc1)c1c(F)cc(Br)cc1F. The van der Waals surface area contributed by atoms with Crippen LogP contribution in [0.5, 0.6) is 0 Å². The van der Waals surface area contributed by atoms with Crippen molar-refractivity contribution in [2.24, 2.45) is 0 Å². The zero-order valence-corrected chi connectivity index (χ0v) is 13.3. The van der Waals surface area contributed by atoms with E-state index in [2.05, 4.69) is 38.5 Å². The van der Waals surface area contributed by atoms with Gasteiger partial charge in [-0.05, 0) is 52.4 Å². The van der Waals surface area contributed by atoms with Gasteiger partial charge in [0.1, 0.15) is 11.6 Å². The largest absolute Gasteiger partial charge is 0.294 e. The molecule has 0 amide bonds. The lowest BCUT2D eigenvalue weighted by molar-refractivity contribution is 0.0985. The molecule has 0 heterocycles. The molecule has 0 spiro atoms. The molecule has 0 saturated carbocycles. The molecule has 2 aromatic rings. The number of benzene rings is 2. The van der Waals surface area contributed by atoms with Crippen LogP contribution in [0.3, 0.4) is 0 Å². The van der Waals surface area contributed by atoms with Gasteiger partial charge in [-0.2, -0.15) is 0 Å². The number of carbonyl (C=O) groups is 1. The van der Waals surface area contributed by atoms with E-state index in [4.69, 9.17) is 0 Å². The number of ketones is 1. The number of hydrogen-bond donors (Lipinski definition) is 0. The molecular formula is C14H8BrF2IO. The number of rotatable bonds is 3. The summed E-state index contributed by atoms with van der Waals surface area (Å²) in [5.74, 6) is -2.26. The van der Waals surface area contributed by atoms with Crippen LogP contribution in [0.15, 0.2) is 40.9 Å². The number of hydrogen-bond acceptors (Lipinski definition) is 1. The molecule has 2 rings (SSSR count). The van der Waals surface area contributed by atoms with Crippen LogP contribution >= 0.6 is 38.5 Å². The third-order valence-electron chi connectivity index (χ3n) is 2.56. The van der Waals surface area contributed by atoms with Gasteiger partial charge >= 0.3 is 0 Å². The Balaban J connectivity index is 2.28. The Morgan fingerprint density at radius 2 is 1.63 bits per heavy atom. The normalized spacial score (nSPS) is 10.5. The molecule has 0 aromatic heterocycles. The first kappa shape index (κ1) is 14.6. The van der Waals surface area contributed by atoms with Crippen molar-refractivity contribution in [3.05, 3.63) is 67.2 Å². The van der Waals surface area contributed by atoms with Crippen molar-refractivity contribution in [1.29, 1.82) is 0 Å². The van der Waals surface area contributed by atoms with Gasteiger partial charge in [-0.3, -0.25) is 4.79 Å². The highest BCUT2D eigenvalue weighted by Crippen LogP contribution is 2.21. The zero-order valence-electron chi connectivity index (χ0n) is 9.59. The first-order valence-corrected chi connectivity index (χ1v) is 7.26. The summed E-state index contributed by atoms with van der Waals surface area (Å²) in [6, 6.07) is 9.41. The van der Waals surface area contributed by atoms with Crippen molar-refractivity contribution in [1.82, 2.24) is 0 Å². The van der Waals surface area contributed by atoms with E-state index in [0.717, 1.165) is 21.3 Å². The predicted molar refractivity (Wildman–Crippen MR) is 81.3 cm³/mol. The smallest absolute Gasteiger partial charge is 0.173 e. The van der Waals surface area contributed by atoms with E-state index in [0.29, 0.717) is 0 Å². The summed E-state index contributed by atoms with van der Waals surface area (Å²) in [5.41, 5.74) is 0.244. The van der Waals surface area contributed by atoms with Crippen molar-refractivity contribution < 1.29 is 13.6 Å². The van der Waals surface area contributed by atoms with Gasteiger partial charge in [-0.25, -0.2) is 8.78 Å². The van der Waals surface area contributed by atoms with Gasteiger partial charge in [0.2, 0.25) is 0 Å². The molecule has 19 heavy (non-hydrogen) atoms. The minimum absolute atomic E-state index is 0.0214. The Morgan fingerprint density at radius 1 is 1.11 bits per heavy atom. The first-order chi connectivity index (χ1) is 8.97. The molecule has 0 aliphatic rings. The molecule has 0 unspecified atom stereocenters. The average Bonchev–Trinajstić information content (AvgIpc) is 2.30. The molecule has 98 valence electrons. The molecule has 0 saturated heterocycles. The van der Waals surface area contributed by atoms with E-state index in [1.54, 1.807) is 12.1 Å². The molecule has 5 heteroatoms. The van der Waals surface area contributed by atoms with E-state index < -0.39 is 23.0 Å². The summed E-state index contributed by atoms with van der Waals surface area (Å²) >= 11 is 5.12. The maximum Gasteiger partial charge on any atom is 0.173 e. The zero-order chi connectivity index (χ0) is 14.0. The second-order valence-corrected chi connectivity index (χ2v) is 6.13. The maximum absolute atomic E-state index is 13.6. The second-order valence-electron chi connectivity index (χ2n) is 3.97. The molecule has 0 atom stereocenters. The van der Waals surface area contributed by atoms with Gasteiger partial charge in [0.15, 0.2) is 5.78 Å². The summed E-state index contributed by atoms with van der Waals surface area (Å²) in [7, 11) is 0. The van der Waals surface area contributed by atoms with E-state index in [1.807, 2.05) is 12.1 Å². The summed E-state index contributed by atoms with van der Waals surface area (Å²) in [6.07, 6.45) is -0.0214. The Hall–Kier alpha value is -0.820. The van der Waals surface area contributed by atoms with Gasteiger partial charge in [0.25, 0.3) is 0 Å². The average molecular weight is 437 g/mol. The van der Waals surface area contributed by atoms with Gasteiger partial charge in [-0.15, -0.1) is 0 Å². The highest BCUT2D eigenvalue weighted by atomic mass is 127. The van der Waals surface area contributed by atoms with Crippen LogP contribution in [-0.2, 0) is 6.42 Å². The first-order valence-electron chi connectivity index (χ1n) is 5.39. The lowest BCUT2D eigenvalue weighted by atomic mass is 10.0. The summed E-state index contributed by atoms with van der Waals surface area (Å²) in [4.78, 5) is 12.0. The lowest BCUT2D eigenvalue weighted by Crippen LogP contribution is -2.09. The van der Waals surface area contributed by atoms with Gasteiger partial charge in [0, 0.05) is 14.5 Å². The van der Waals surface area contributed by atoms with Gasteiger partial charge in [-0.1, -0.05) is 28.1 Å². The van der Waals surface area contributed by atoms with E-state index in [1.165, 1.54) is 0 Å². The van der Waals surface area contributed by atoms with Crippen LogP contribution in [-0.4, -0.2) is 5.78 Å². The lowest BCUT2D eigenvalue weighted by Gasteiger charge is -2.05. The third-order valence-corrected chi connectivity index (χ3v) is 3.74. The maximum atomic E-state index is 13.6. The molecule has 0 N–H and O–H groups in total. The van der Waals surface area contributed by atoms with E-state index >= 15 is 0 Å². The number of Topliss-reactive ketones (excluding diaryl/α,β-unsaturated/α-hetero) is 1. The van der Waals surface area contributed by atoms with Crippen LogP contribution in [0.2, 0.25) is 0 Å². The Labute approximate surface area is 131 Å². The molecule has 2 aromatic carbocycles. The standard InChI is InChI=1S/C14H8BrF2IO/c15-9-6-11(16)14(12(17)7-9)13(19)5-8-1-3-10(18)4-2-8/h1-4,6-7H,5H2. The van der Waals surface area contributed by atoms with Crippen LogP contribution < -0.4 is 0 Å². The van der Waals surface area contributed by atoms with E-state index in [-0.39, 0.29) is 10.9 Å². The monoisotopic (exact) mass is 436 g/mol. The second kappa shape index (κ2) is 6.09.